The molecule has 0 spiro atoms. The van der Waals surface area contributed by atoms with Crippen LogP contribution in [0.5, 0.6) is 11.5 Å². The molecule has 0 bridgehead atoms. The van der Waals surface area contributed by atoms with Gasteiger partial charge in [-0.05, 0) is 67.8 Å². The van der Waals surface area contributed by atoms with E-state index in [2.05, 4.69) is 5.32 Å². The minimum atomic E-state index is -3.65. The predicted molar refractivity (Wildman–Crippen MR) is 133 cm³/mol. The summed E-state index contributed by atoms with van der Waals surface area (Å²) in [6, 6.07) is 18.1. The average molecular weight is 483 g/mol. The lowest BCUT2D eigenvalue weighted by molar-refractivity contribution is -0.118. The zero-order valence-electron chi connectivity index (χ0n) is 19.5. The van der Waals surface area contributed by atoms with Gasteiger partial charge in [0.1, 0.15) is 11.5 Å². The van der Waals surface area contributed by atoms with Crippen LogP contribution in [0.15, 0.2) is 65.6 Å². The molecule has 3 aromatic rings. The molecule has 180 valence electrons. The number of anilines is 1. The van der Waals surface area contributed by atoms with Crippen molar-refractivity contribution in [3.63, 3.8) is 0 Å². The summed E-state index contributed by atoms with van der Waals surface area (Å²) in [4.78, 5) is 12.8. The number of rotatable bonds is 8. The fraction of sp³-hybridized carbons (Fsp3) is 0.346. The van der Waals surface area contributed by atoms with Crippen LogP contribution in [0.2, 0.25) is 0 Å². The van der Waals surface area contributed by atoms with Crippen molar-refractivity contribution in [1.29, 1.82) is 0 Å². The maximum Gasteiger partial charge on any atom is 0.262 e. The highest BCUT2D eigenvalue weighted by molar-refractivity contribution is 7.89. The van der Waals surface area contributed by atoms with Crippen molar-refractivity contribution in [2.45, 2.75) is 44.1 Å². The third-order valence-electron chi connectivity index (χ3n) is 5.63. The van der Waals surface area contributed by atoms with E-state index in [1.807, 2.05) is 56.3 Å². The van der Waals surface area contributed by atoms with Crippen molar-refractivity contribution in [2.24, 2.45) is 0 Å². The smallest absolute Gasteiger partial charge is 0.262 e. The number of nitrogens with zero attached hydrogens (tertiary/aromatic N) is 1. The molecular weight excluding hydrogens is 452 g/mol. The first-order chi connectivity index (χ1) is 16.3. The van der Waals surface area contributed by atoms with Gasteiger partial charge in [-0.2, -0.15) is 4.31 Å². The van der Waals surface area contributed by atoms with Crippen molar-refractivity contribution in [1.82, 2.24) is 4.31 Å². The van der Waals surface area contributed by atoms with Crippen LogP contribution in [0.25, 0.3) is 10.8 Å². The van der Waals surface area contributed by atoms with E-state index >= 15 is 0 Å². The Morgan fingerprint density at radius 1 is 0.971 bits per heavy atom. The number of hydrogen-bond donors (Lipinski definition) is 1. The maximum absolute atomic E-state index is 13.1. The Balaban J connectivity index is 1.50. The summed E-state index contributed by atoms with van der Waals surface area (Å²) in [6.07, 6.45) is 2.59. The Kier molecular flexibility index (Phi) is 7.38. The highest BCUT2D eigenvalue weighted by atomic mass is 32.2. The lowest BCUT2D eigenvalue weighted by Gasteiger charge is -2.26. The van der Waals surface area contributed by atoms with Crippen LogP contribution in [0, 0.1) is 0 Å². The Morgan fingerprint density at radius 2 is 1.71 bits per heavy atom. The van der Waals surface area contributed by atoms with Crippen molar-refractivity contribution in [3.8, 4) is 11.5 Å². The SMILES string of the molecule is CC(C)Oc1ccc(S(=O)(=O)N2CCCCC2)cc1NC(=O)COc1ccc2ccccc2c1. The monoisotopic (exact) mass is 482 g/mol. The second-order valence-electron chi connectivity index (χ2n) is 8.64. The van der Waals surface area contributed by atoms with Crippen molar-refractivity contribution in [3.05, 3.63) is 60.7 Å². The molecule has 0 saturated carbocycles. The summed E-state index contributed by atoms with van der Waals surface area (Å²) in [5.41, 5.74) is 0.305. The van der Waals surface area contributed by atoms with Crippen LogP contribution in [-0.4, -0.2) is 44.4 Å². The molecule has 0 unspecified atom stereocenters. The first-order valence-electron chi connectivity index (χ1n) is 11.6. The molecule has 1 amide bonds. The van der Waals surface area contributed by atoms with Gasteiger partial charge in [0.25, 0.3) is 5.91 Å². The lowest BCUT2D eigenvalue weighted by atomic mass is 10.1. The van der Waals surface area contributed by atoms with E-state index < -0.39 is 15.9 Å². The molecule has 34 heavy (non-hydrogen) atoms. The molecule has 0 radical (unpaired) electrons. The summed E-state index contributed by atoms with van der Waals surface area (Å²) >= 11 is 0. The number of hydrogen-bond acceptors (Lipinski definition) is 5. The molecule has 1 saturated heterocycles. The van der Waals surface area contributed by atoms with Crippen molar-refractivity contribution >= 4 is 32.4 Å². The van der Waals surface area contributed by atoms with Gasteiger partial charge in [-0.3, -0.25) is 4.79 Å². The largest absolute Gasteiger partial charge is 0.489 e. The maximum atomic E-state index is 13.1. The van der Waals surface area contributed by atoms with Crippen molar-refractivity contribution in [2.75, 3.05) is 25.0 Å². The van der Waals surface area contributed by atoms with E-state index in [4.69, 9.17) is 9.47 Å². The molecule has 3 aromatic carbocycles. The van der Waals surface area contributed by atoms with E-state index in [0.717, 1.165) is 30.0 Å². The van der Waals surface area contributed by atoms with E-state index in [0.29, 0.717) is 30.3 Å². The Morgan fingerprint density at radius 3 is 2.44 bits per heavy atom. The molecule has 1 N–H and O–H groups in total. The Labute approximate surface area is 200 Å². The number of carbonyl (C=O) groups excluding carboxylic acids is 1. The number of fused-ring (bicyclic) bond motifs is 1. The normalized spacial score (nSPS) is 14.8. The van der Waals surface area contributed by atoms with Crippen LogP contribution >= 0.6 is 0 Å². The predicted octanol–water partition coefficient (Wildman–Crippen LogP) is 4.82. The number of piperidine rings is 1. The molecule has 0 aliphatic carbocycles. The zero-order valence-corrected chi connectivity index (χ0v) is 20.3. The summed E-state index contributed by atoms with van der Waals surface area (Å²) in [5, 5.41) is 4.87. The van der Waals surface area contributed by atoms with Gasteiger partial charge in [0.2, 0.25) is 10.0 Å². The molecule has 1 heterocycles. The average Bonchev–Trinajstić information content (AvgIpc) is 2.84. The summed E-state index contributed by atoms with van der Waals surface area (Å²) in [7, 11) is -3.65. The van der Waals surface area contributed by atoms with Crippen LogP contribution in [0.3, 0.4) is 0 Å². The van der Waals surface area contributed by atoms with Gasteiger partial charge in [-0.25, -0.2) is 8.42 Å². The minimum absolute atomic E-state index is 0.135. The van der Waals surface area contributed by atoms with Gasteiger partial charge in [0.05, 0.1) is 16.7 Å². The third kappa shape index (κ3) is 5.69. The quantitative estimate of drug-likeness (QED) is 0.498. The number of sulfonamides is 1. The van der Waals surface area contributed by atoms with Gasteiger partial charge < -0.3 is 14.8 Å². The molecule has 0 atom stereocenters. The minimum Gasteiger partial charge on any atom is -0.489 e. The topological polar surface area (TPSA) is 84.9 Å². The lowest BCUT2D eigenvalue weighted by Crippen LogP contribution is -2.35. The number of amides is 1. The Bertz CT molecular complexity index is 1270. The summed E-state index contributed by atoms with van der Waals surface area (Å²) in [6.45, 7) is 4.53. The first-order valence-corrected chi connectivity index (χ1v) is 13.0. The summed E-state index contributed by atoms with van der Waals surface area (Å²) < 4.78 is 39.2. The number of nitrogens with one attached hydrogen (secondary N) is 1. The van der Waals surface area contributed by atoms with Gasteiger partial charge in [0.15, 0.2) is 6.61 Å². The molecule has 4 rings (SSSR count). The fourth-order valence-corrected chi connectivity index (χ4v) is 5.51. The first kappa shape index (κ1) is 24.0. The highest BCUT2D eigenvalue weighted by Gasteiger charge is 2.27. The fourth-order valence-electron chi connectivity index (χ4n) is 3.97. The van der Waals surface area contributed by atoms with Crippen LogP contribution in [0.1, 0.15) is 33.1 Å². The molecule has 1 aliphatic rings. The van der Waals surface area contributed by atoms with Gasteiger partial charge in [-0.15, -0.1) is 0 Å². The Hall–Kier alpha value is -3.10. The third-order valence-corrected chi connectivity index (χ3v) is 7.53. The van der Waals surface area contributed by atoms with Crippen LogP contribution in [0.4, 0.5) is 5.69 Å². The molecule has 7 nitrogen and oxygen atoms in total. The van der Waals surface area contributed by atoms with Crippen molar-refractivity contribution < 1.29 is 22.7 Å². The number of benzene rings is 3. The molecular formula is C26H30N2O5S. The van der Waals surface area contributed by atoms with Gasteiger partial charge in [-0.1, -0.05) is 36.8 Å². The van der Waals surface area contributed by atoms with Crippen LogP contribution in [-0.2, 0) is 14.8 Å². The standard InChI is InChI=1S/C26H30N2O5S/c1-19(2)33-25-13-12-23(34(30,31)28-14-6-3-7-15-28)17-24(25)27-26(29)18-32-22-11-10-20-8-4-5-9-21(20)16-22/h4-5,8-13,16-17,19H,3,6-7,14-15,18H2,1-2H3,(H,27,29). The summed E-state index contributed by atoms with van der Waals surface area (Å²) in [5.74, 6) is 0.579. The van der Waals surface area contributed by atoms with Gasteiger partial charge in [0, 0.05) is 13.1 Å². The number of ether oxygens (including phenoxy) is 2. The number of carbonyl (C=O) groups is 1. The zero-order chi connectivity index (χ0) is 24.1. The van der Waals surface area contributed by atoms with E-state index in [1.165, 1.54) is 16.4 Å². The molecule has 0 aromatic heterocycles. The second kappa shape index (κ2) is 10.4. The second-order valence-corrected chi connectivity index (χ2v) is 10.6. The van der Waals surface area contributed by atoms with E-state index in [1.54, 1.807) is 6.07 Å². The van der Waals surface area contributed by atoms with E-state index in [9.17, 15) is 13.2 Å². The molecule has 1 aliphatic heterocycles. The molecule has 8 heteroatoms. The highest BCUT2D eigenvalue weighted by Crippen LogP contribution is 2.31. The molecule has 1 fully saturated rings. The van der Waals surface area contributed by atoms with E-state index in [-0.39, 0.29) is 17.6 Å². The van der Waals surface area contributed by atoms with Gasteiger partial charge >= 0.3 is 0 Å². The van der Waals surface area contributed by atoms with Crippen LogP contribution < -0.4 is 14.8 Å².